The number of hydrogen-bond donors (Lipinski definition) is 3. The van der Waals surface area contributed by atoms with Gasteiger partial charge in [-0.1, -0.05) is 42.5 Å². The summed E-state index contributed by atoms with van der Waals surface area (Å²) in [7, 11) is 0. The van der Waals surface area contributed by atoms with Gasteiger partial charge in [-0.15, -0.1) is 0 Å². The summed E-state index contributed by atoms with van der Waals surface area (Å²) in [4.78, 5) is 26.6. The van der Waals surface area contributed by atoms with Crippen molar-refractivity contribution < 1.29 is 24.2 Å². The molecule has 32 heavy (non-hydrogen) atoms. The van der Waals surface area contributed by atoms with Crippen LogP contribution in [-0.2, 0) is 20.8 Å². The number of amides is 3. The van der Waals surface area contributed by atoms with Crippen molar-refractivity contribution in [2.75, 3.05) is 31.7 Å². The number of ether oxygens (including phenoxy) is 2. The van der Waals surface area contributed by atoms with Gasteiger partial charge in [-0.2, -0.15) is 0 Å². The van der Waals surface area contributed by atoms with E-state index < -0.39 is 12.1 Å². The third-order valence-electron chi connectivity index (χ3n) is 5.95. The fraction of sp³-hybridized carbons (Fsp3) is 0.417. The third kappa shape index (κ3) is 5.27. The number of rotatable bonds is 6. The molecule has 8 nitrogen and oxygen atoms in total. The largest absolute Gasteiger partial charge is 0.394 e. The molecule has 2 aromatic rings. The first-order chi connectivity index (χ1) is 15.7. The van der Waals surface area contributed by atoms with Crippen molar-refractivity contribution in [3.63, 3.8) is 0 Å². The zero-order chi connectivity index (χ0) is 22.3. The molecule has 2 fully saturated rings. The third-order valence-corrected chi connectivity index (χ3v) is 5.95. The molecule has 0 unspecified atom stereocenters. The van der Waals surface area contributed by atoms with Gasteiger partial charge < -0.3 is 30.1 Å². The Kier molecular flexibility index (Phi) is 7.36. The van der Waals surface area contributed by atoms with Crippen molar-refractivity contribution >= 4 is 17.6 Å². The van der Waals surface area contributed by atoms with Gasteiger partial charge in [-0.3, -0.25) is 4.79 Å². The fourth-order valence-electron chi connectivity index (χ4n) is 4.33. The van der Waals surface area contributed by atoms with E-state index in [2.05, 4.69) is 10.6 Å². The lowest BCUT2D eigenvalue weighted by atomic mass is 9.95. The summed E-state index contributed by atoms with van der Waals surface area (Å²) < 4.78 is 11.2. The van der Waals surface area contributed by atoms with Crippen LogP contribution < -0.4 is 10.6 Å². The predicted octanol–water partition coefficient (Wildman–Crippen LogP) is 2.45. The summed E-state index contributed by atoms with van der Waals surface area (Å²) in [6.07, 6.45) is 1.09. The number of aliphatic hydroxyl groups excluding tert-OH is 1. The van der Waals surface area contributed by atoms with Crippen LogP contribution >= 0.6 is 0 Å². The number of morpholine rings is 1. The van der Waals surface area contributed by atoms with E-state index in [0.717, 1.165) is 24.0 Å². The first kappa shape index (κ1) is 22.3. The molecule has 2 atom stereocenters. The molecule has 170 valence electrons. The van der Waals surface area contributed by atoms with Crippen LogP contribution in [-0.4, -0.2) is 60.5 Å². The van der Waals surface area contributed by atoms with Crippen LogP contribution in [0.4, 0.5) is 10.5 Å². The number of carbonyl (C=O) groups excluding carboxylic acids is 2. The fourth-order valence-corrected chi connectivity index (χ4v) is 4.33. The molecular formula is C24H29N3O5. The van der Waals surface area contributed by atoms with Crippen LogP contribution in [0.15, 0.2) is 54.6 Å². The molecule has 0 aromatic heterocycles. The first-order valence-corrected chi connectivity index (χ1v) is 11.0. The number of aliphatic hydroxyl groups is 1. The van der Waals surface area contributed by atoms with E-state index >= 15 is 0 Å². The van der Waals surface area contributed by atoms with Crippen LogP contribution in [0.1, 0.15) is 30.1 Å². The second-order valence-electron chi connectivity index (χ2n) is 8.04. The highest BCUT2D eigenvalue weighted by atomic mass is 16.5. The van der Waals surface area contributed by atoms with Gasteiger partial charge >= 0.3 is 6.03 Å². The van der Waals surface area contributed by atoms with Crippen molar-refractivity contribution in [1.82, 2.24) is 10.2 Å². The summed E-state index contributed by atoms with van der Waals surface area (Å²) in [6, 6.07) is 16.3. The maximum atomic E-state index is 12.6. The Bertz CT molecular complexity index is 900. The van der Waals surface area contributed by atoms with E-state index in [1.807, 2.05) is 42.5 Å². The van der Waals surface area contributed by atoms with Gasteiger partial charge in [0, 0.05) is 31.5 Å². The van der Waals surface area contributed by atoms with Gasteiger partial charge in [0.2, 0.25) is 5.91 Å². The smallest absolute Gasteiger partial charge is 0.319 e. The summed E-state index contributed by atoms with van der Waals surface area (Å²) >= 11 is 0. The molecule has 4 rings (SSSR count). The van der Waals surface area contributed by atoms with Crippen molar-refractivity contribution in [1.29, 1.82) is 0 Å². The van der Waals surface area contributed by atoms with E-state index in [1.165, 1.54) is 0 Å². The lowest BCUT2D eigenvalue weighted by Crippen LogP contribution is -2.57. The molecule has 2 aliphatic heterocycles. The van der Waals surface area contributed by atoms with Crippen LogP contribution in [0.25, 0.3) is 0 Å². The Morgan fingerprint density at radius 3 is 2.47 bits per heavy atom. The topological polar surface area (TPSA) is 100 Å². The maximum absolute atomic E-state index is 12.6. The van der Waals surface area contributed by atoms with Crippen LogP contribution in [0.5, 0.6) is 0 Å². The highest BCUT2D eigenvalue weighted by Gasteiger charge is 2.41. The van der Waals surface area contributed by atoms with Crippen molar-refractivity contribution in [3.05, 3.63) is 65.7 Å². The second kappa shape index (κ2) is 10.6. The summed E-state index contributed by atoms with van der Waals surface area (Å²) in [5.74, 6) is -0.0967. The normalized spacial score (nSPS) is 21.9. The number of anilines is 1. The highest BCUT2D eigenvalue weighted by molar-refractivity contribution is 5.89. The van der Waals surface area contributed by atoms with Crippen molar-refractivity contribution in [2.24, 2.45) is 0 Å². The first-order valence-electron chi connectivity index (χ1n) is 11.0. The van der Waals surface area contributed by atoms with Gasteiger partial charge in [0.25, 0.3) is 0 Å². The molecule has 0 radical (unpaired) electrons. The maximum Gasteiger partial charge on any atom is 0.319 e. The number of urea groups is 1. The average molecular weight is 440 g/mol. The van der Waals surface area contributed by atoms with Crippen molar-refractivity contribution in [2.45, 2.75) is 37.6 Å². The molecule has 2 aromatic carbocycles. The average Bonchev–Trinajstić information content (AvgIpc) is 2.84. The van der Waals surface area contributed by atoms with Gasteiger partial charge in [0.05, 0.1) is 12.6 Å². The molecule has 0 saturated carbocycles. The zero-order valence-corrected chi connectivity index (χ0v) is 17.9. The Balaban J connectivity index is 1.38. The van der Waals surface area contributed by atoms with Gasteiger partial charge in [-0.25, -0.2) is 4.79 Å². The highest BCUT2D eigenvalue weighted by Crippen LogP contribution is 2.33. The minimum Gasteiger partial charge on any atom is -0.394 e. The minimum absolute atomic E-state index is 0.0135. The monoisotopic (exact) mass is 439 g/mol. The summed E-state index contributed by atoms with van der Waals surface area (Å²) in [6.45, 7) is 1.47. The molecule has 0 bridgehead atoms. The molecule has 2 aliphatic rings. The summed E-state index contributed by atoms with van der Waals surface area (Å²) in [5, 5.41) is 15.7. The zero-order valence-electron chi connectivity index (χ0n) is 17.9. The molecule has 8 heteroatoms. The van der Waals surface area contributed by atoms with Crippen molar-refractivity contribution in [3.8, 4) is 0 Å². The number of nitrogens with zero attached hydrogens (tertiary/aromatic N) is 1. The number of benzene rings is 2. The predicted molar refractivity (Wildman–Crippen MR) is 119 cm³/mol. The molecule has 0 spiro atoms. The number of nitrogens with one attached hydrogen (secondary N) is 2. The quantitative estimate of drug-likeness (QED) is 0.642. The van der Waals surface area contributed by atoms with E-state index in [0.29, 0.717) is 25.4 Å². The van der Waals surface area contributed by atoms with Gasteiger partial charge in [0.1, 0.15) is 12.7 Å². The van der Waals surface area contributed by atoms with E-state index in [-0.39, 0.29) is 31.2 Å². The minimum atomic E-state index is -0.452. The Labute approximate surface area is 187 Å². The van der Waals surface area contributed by atoms with Crippen LogP contribution in [0.2, 0.25) is 0 Å². The van der Waals surface area contributed by atoms with Gasteiger partial charge in [0.15, 0.2) is 0 Å². The Hall–Kier alpha value is -2.94. The molecule has 2 heterocycles. The molecule has 3 amide bonds. The summed E-state index contributed by atoms with van der Waals surface area (Å²) in [5.41, 5.74) is 2.52. The Morgan fingerprint density at radius 1 is 1.06 bits per heavy atom. The van der Waals surface area contributed by atoms with E-state index in [1.54, 1.807) is 17.0 Å². The van der Waals surface area contributed by atoms with Gasteiger partial charge in [-0.05, 0) is 36.1 Å². The molecular weight excluding hydrogens is 410 g/mol. The Morgan fingerprint density at radius 2 is 1.78 bits per heavy atom. The van der Waals surface area contributed by atoms with Crippen LogP contribution in [0, 0.1) is 0 Å². The second-order valence-corrected chi connectivity index (χ2v) is 8.04. The lowest BCUT2D eigenvalue weighted by Gasteiger charge is -2.45. The van der Waals surface area contributed by atoms with E-state index in [4.69, 9.17) is 9.47 Å². The van der Waals surface area contributed by atoms with E-state index in [9.17, 15) is 14.7 Å². The number of hydrogen-bond acceptors (Lipinski definition) is 5. The standard InChI is InChI=1S/C24H29N3O5/c28-15-21-23(32-16-22(29)27(21)20-10-12-31-13-11-20)18-6-8-19(9-7-18)26-24(30)25-14-17-4-2-1-3-5-17/h1-9,20-21,23,28H,10-16H2,(H2,25,26,30)/t21-,23-/m1/s1. The van der Waals surface area contributed by atoms with Crippen LogP contribution in [0.3, 0.4) is 0 Å². The molecule has 0 aliphatic carbocycles. The molecule has 2 saturated heterocycles. The molecule has 3 N–H and O–H groups in total. The lowest BCUT2D eigenvalue weighted by molar-refractivity contribution is -0.168. The number of carbonyl (C=O) groups is 2. The SMILES string of the molecule is O=C(NCc1ccccc1)Nc1ccc([C@H]2OCC(=O)N(C3CCOCC3)[C@@H]2CO)cc1.